The summed E-state index contributed by atoms with van der Waals surface area (Å²) in [7, 11) is 0. The maximum absolute atomic E-state index is 11.4. The molecule has 0 aliphatic carbocycles. The van der Waals surface area contributed by atoms with E-state index in [9.17, 15) is 4.79 Å². The van der Waals surface area contributed by atoms with Gasteiger partial charge in [0.05, 0.1) is 16.8 Å². The van der Waals surface area contributed by atoms with E-state index in [1.807, 2.05) is 42.5 Å². The molecule has 2 aromatic carbocycles. The van der Waals surface area contributed by atoms with Crippen LogP contribution in [0.5, 0.6) is 0 Å². The summed E-state index contributed by atoms with van der Waals surface area (Å²) in [6.07, 6.45) is 1.20. The van der Waals surface area contributed by atoms with Crippen LogP contribution in [0.15, 0.2) is 42.5 Å². The van der Waals surface area contributed by atoms with E-state index in [-0.39, 0.29) is 11.9 Å². The third-order valence-corrected chi connectivity index (χ3v) is 3.90. The van der Waals surface area contributed by atoms with Gasteiger partial charge in [0.15, 0.2) is 0 Å². The summed E-state index contributed by atoms with van der Waals surface area (Å²) < 4.78 is 0. The van der Waals surface area contributed by atoms with Crippen LogP contribution in [0, 0.1) is 0 Å². The number of hydrogen-bond donors (Lipinski definition) is 2. The molecule has 1 aliphatic rings. The zero-order valence-corrected chi connectivity index (χ0v) is 11.7. The Balaban J connectivity index is 2.00. The number of fused-ring (bicyclic) bond motifs is 1. The number of nitrogens with two attached hydrogens (primary N) is 1. The normalized spacial score (nSPS) is 15.4. The number of rotatable bonds is 2. The minimum atomic E-state index is -0.211. The minimum absolute atomic E-state index is 0.0134. The highest BCUT2D eigenvalue weighted by molar-refractivity contribution is 6.34. The average Bonchev–Trinajstić information content (AvgIpc) is 2.48. The second kappa shape index (κ2) is 5.27. The van der Waals surface area contributed by atoms with Gasteiger partial charge in [-0.2, -0.15) is 0 Å². The van der Waals surface area contributed by atoms with E-state index in [1.165, 1.54) is 0 Å². The first kappa shape index (κ1) is 13.2. The van der Waals surface area contributed by atoms with Crippen molar-refractivity contribution in [1.29, 1.82) is 0 Å². The molecule has 0 spiro atoms. The molecule has 1 heterocycles. The van der Waals surface area contributed by atoms with E-state index in [0.717, 1.165) is 22.4 Å². The summed E-state index contributed by atoms with van der Waals surface area (Å²) in [6.45, 7) is 0. The zero-order chi connectivity index (χ0) is 14.1. The highest BCUT2D eigenvalue weighted by atomic mass is 35.5. The average molecular weight is 287 g/mol. The molecule has 3 nitrogen and oxygen atoms in total. The third kappa shape index (κ3) is 2.42. The fourth-order valence-electron chi connectivity index (χ4n) is 2.51. The predicted molar refractivity (Wildman–Crippen MR) is 80.9 cm³/mol. The number of carbonyl (C=O) groups excluding carboxylic acids is 1. The van der Waals surface area contributed by atoms with Crippen molar-refractivity contribution in [2.75, 3.05) is 5.32 Å². The number of hydrogen-bond acceptors (Lipinski definition) is 2. The van der Waals surface area contributed by atoms with Crippen molar-refractivity contribution < 1.29 is 4.79 Å². The van der Waals surface area contributed by atoms with E-state index < -0.39 is 0 Å². The summed E-state index contributed by atoms with van der Waals surface area (Å²) in [5, 5.41) is 3.38. The minimum Gasteiger partial charge on any atom is -0.325 e. The van der Waals surface area contributed by atoms with Crippen LogP contribution >= 0.6 is 11.6 Å². The van der Waals surface area contributed by atoms with Crippen LogP contribution in [0.1, 0.15) is 29.2 Å². The van der Waals surface area contributed by atoms with Gasteiger partial charge in [0.2, 0.25) is 5.91 Å². The van der Waals surface area contributed by atoms with Crippen molar-refractivity contribution in [2.24, 2.45) is 5.73 Å². The van der Waals surface area contributed by atoms with Crippen LogP contribution < -0.4 is 11.1 Å². The molecular formula is C16H15ClN2O. The van der Waals surface area contributed by atoms with E-state index in [1.54, 1.807) is 0 Å². The van der Waals surface area contributed by atoms with Crippen molar-refractivity contribution in [2.45, 2.75) is 18.9 Å². The van der Waals surface area contributed by atoms with E-state index >= 15 is 0 Å². The first-order valence-corrected chi connectivity index (χ1v) is 6.95. The molecule has 1 unspecified atom stereocenters. The topological polar surface area (TPSA) is 55.1 Å². The molecule has 0 saturated carbocycles. The number of nitrogens with one attached hydrogen (secondary N) is 1. The molecular weight excluding hydrogens is 272 g/mol. The highest BCUT2D eigenvalue weighted by Gasteiger charge is 2.20. The summed E-state index contributed by atoms with van der Waals surface area (Å²) >= 11 is 6.27. The Morgan fingerprint density at radius 1 is 1.10 bits per heavy atom. The van der Waals surface area contributed by atoms with Gasteiger partial charge in [0, 0.05) is 6.42 Å². The second-order valence-electron chi connectivity index (χ2n) is 4.97. The standard InChI is InChI=1S/C16H15ClN2O/c17-13-9-12(15(18)10-4-2-1-3-5-10)8-11-6-7-14(20)19-16(11)13/h1-5,8-9,15H,6-7,18H2,(H,19,20). The smallest absolute Gasteiger partial charge is 0.224 e. The van der Waals surface area contributed by atoms with Crippen molar-refractivity contribution in [1.82, 2.24) is 0 Å². The number of anilines is 1. The molecule has 1 atom stereocenters. The molecule has 0 saturated heterocycles. The van der Waals surface area contributed by atoms with Crippen molar-refractivity contribution in [3.8, 4) is 0 Å². The quantitative estimate of drug-likeness (QED) is 0.890. The van der Waals surface area contributed by atoms with Crippen LogP contribution in [0.3, 0.4) is 0 Å². The zero-order valence-electron chi connectivity index (χ0n) is 10.9. The Hall–Kier alpha value is -1.84. The third-order valence-electron chi connectivity index (χ3n) is 3.60. The van der Waals surface area contributed by atoms with Crippen LogP contribution in [0.25, 0.3) is 0 Å². The molecule has 3 N–H and O–H groups in total. The van der Waals surface area contributed by atoms with Gasteiger partial charge in [-0.3, -0.25) is 4.79 Å². The molecule has 102 valence electrons. The van der Waals surface area contributed by atoms with E-state index in [4.69, 9.17) is 17.3 Å². The van der Waals surface area contributed by atoms with Crippen LogP contribution in [-0.2, 0) is 11.2 Å². The number of benzene rings is 2. The largest absolute Gasteiger partial charge is 0.325 e. The molecule has 0 aromatic heterocycles. The van der Waals surface area contributed by atoms with Crippen LogP contribution in [0.2, 0.25) is 5.02 Å². The maximum atomic E-state index is 11.4. The van der Waals surface area contributed by atoms with Gasteiger partial charge in [-0.05, 0) is 29.2 Å². The predicted octanol–water partition coefficient (Wildman–Crippen LogP) is 3.27. The van der Waals surface area contributed by atoms with Crippen LogP contribution in [0.4, 0.5) is 5.69 Å². The molecule has 2 aromatic rings. The lowest BCUT2D eigenvalue weighted by molar-refractivity contribution is -0.116. The van der Waals surface area contributed by atoms with Crippen molar-refractivity contribution in [3.63, 3.8) is 0 Å². The number of carbonyl (C=O) groups is 1. The van der Waals surface area contributed by atoms with Gasteiger partial charge < -0.3 is 11.1 Å². The van der Waals surface area contributed by atoms with Gasteiger partial charge in [-0.25, -0.2) is 0 Å². The first-order valence-electron chi connectivity index (χ1n) is 6.58. The Kier molecular flexibility index (Phi) is 3.47. The molecule has 1 amide bonds. The lowest BCUT2D eigenvalue weighted by atomic mass is 9.94. The number of amides is 1. The molecule has 0 fully saturated rings. The van der Waals surface area contributed by atoms with E-state index in [2.05, 4.69) is 5.32 Å². The summed E-state index contributed by atoms with van der Waals surface area (Å²) in [6, 6.07) is 13.6. The summed E-state index contributed by atoms with van der Waals surface area (Å²) in [5.74, 6) is 0.0134. The highest BCUT2D eigenvalue weighted by Crippen LogP contribution is 2.34. The summed E-state index contributed by atoms with van der Waals surface area (Å²) in [5.41, 5.74) is 10.1. The molecule has 3 rings (SSSR count). The Labute approximate surface area is 122 Å². The van der Waals surface area contributed by atoms with Gasteiger partial charge in [0.1, 0.15) is 0 Å². The Morgan fingerprint density at radius 2 is 1.85 bits per heavy atom. The van der Waals surface area contributed by atoms with Crippen molar-refractivity contribution in [3.05, 3.63) is 64.2 Å². The molecule has 20 heavy (non-hydrogen) atoms. The fraction of sp³-hybridized carbons (Fsp3) is 0.188. The van der Waals surface area contributed by atoms with E-state index in [0.29, 0.717) is 17.9 Å². The fourth-order valence-corrected chi connectivity index (χ4v) is 2.80. The monoisotopic (exact) mass is 286 g/mol. The molecule has 0 bridgehead atoms. The number of halogens is 1. The maximum Gasteiger partial charge on any atom is 0.224 e. The number of aryl methyl sites for hydroxylation is 1. The first-order chi connectivity index (χ1) is 9.65. The SMILES string of the molecule is NC(c1ccccc1)c1cc(Cl)c2c(c1)CCC(=O)N2. The van der Waals surface area contributed by atoms with Crippen molar-refractivity contribution >= 4 is 23.2 Å². The van der Waals surface area contributed by atoms with Gasteiger partial charge in [-0.1, -0.05) is 48.0 Å². The lowest BCUT2D eigenvalue weighted by Crippen LogP contribution is -2.20. The molecule has 4 heteroatoms. The Bertz CT molecular complexity index is 655. The second-order valence-corrected chi connectivity index (χ2v) is 5.38. The molecule has 1 aliphatic heterocycles. The van der Waals surface area contributed by atoms with Gasteiger partial charge in [-0.15, -0.1) is 0 Å². The molecule has 0 radical (unpaired) electrons. The Morgan fingerprint density at radius 3 is 2.60 bits per heavy atom. The van der Waals surface area contributed by atoms with Crippen LogP contribution in [-0.4, -0.2) is 5.91 Å². The lowest BCUT2D eigenvalue weighted by Gasteiger charge is -2.21. The van der Waals surface area contributed by atoms with Gasteiger partial charge >= 0.3 is 0 Å². The van der Waals surface area contributed by atoms with Gasteiger partial charge in [0.25, 0.3) is 0 Å². The summed E-state index contributed by atoms with van der Waals surface area (Å²) in [4.78, 5) is 11.4.